The molecule has 0 aromatic heterocycles. The van der Waals surface area contributed by atoms with Crippen molar-refractivity contribution in [1.29, 1.82) is 0 Å². The Bertz CT molecular complexity index is 323. The van der Waals surface area contributed by atoms with Gasteiger partial charge in [0.05, 0.1) is 6.54 Å². The summed E-state index contributed by atoms with van der Waals surface area (Å²) in [5.74, 6) is 5.70. The van der Waals surface area contributed by atoms with Gasteiger partial charge in [0.25, 0.3) is 0 Å². The van der Waals surface area contributed by atoms with Crippen molar-refractivity contribution in [3.05, 3.63) is 36.5 Å². The van der Waals surface area contributed by atoms with Crippen molar-refractivity contribution >= 4 is 5.78 Å². The second-order valence-corrected chi connectivity index (χ2v) is 3.93. The summed E-state index contributed by atoms with van der Waals surface area (Å²) in [4.78, 5) is 11.5. The average Bonchev–Trinajstić information content (AvgIpc) is 2.29. The van der Waals surface area contributed by atoms with Gasteiger partial charge in [-0.3, -0.25) is 10.6 Å². The Morgan fingerprint density at radius 2 is 2.22 bits per heavy atom. The molecule has 5 N–H and O–H groups in total. The average molecular weight is 252 g/mol. The van der Waals surface area contributed by atoms with Gasteiger partial charge in [0.1, 0.15) is 6.17 Å². The van der Waals surface area contributed by atoms with E-state index in [-0.39, 0.29) is 5.78 Å². The highest BCUT2D eigenvalue weighted by Crippen LogP contribution is 1.99. The first-order valence-electron chi connectivity index (χ1n) is 6.06. The van der Waals surface area contributed by atoms with Crippen LogP contribution in [-0.4, -0.2) is 23.6 Å². The first kappa shape index (κ1) is 16.7. The molecule has 102 valence electrons. The molecule has 0 saturated heterocycles. The summed E-state index contributed by atoms with van der Waals surface area (Å²) in [6, 6.07) is 0. The maximum Gasteiger partial charge on any atom is 0.165 e. The van der Waals surface area contributed by atoms with Crippen molar-refractivity contribution in [3.8, 4) is 0 Å². The van der Waals surface area contributed by atoms with E-state index in [9.17, 15) is 4.79 Å². The molecule has 1 unspecified atom stereocenters. The second kappa shape index (κ2) is 9.73. The molecule has 0 aliphatic carbocycles. The van der Waals surface area contributed by atoms with Crippen molar-refractivity contribution in [2.75, 3.05) is 6.54 Å². The van der Waals surface area contributed by atoms with E-state index in [0.29, 0.717) is 13.0 Å². The molecule has 5 heteroatoms. The smallest absolute Gasteiger partial charge is 0.165 e. The summed E-state index contributed by atoms with van der Waals surface area (Å²) in [5.41, 5.74) is 9.40. The maximum atomic E-state index is 11.5. The van der Waals surface area contributed by atoms with Gasteiger partial charge < -0.3 is 5.73 Å². The predicted octanol–water partition coefficient (Wildman–Crippen LogP) is 1.01. The zero-order valence-electron chi connectivity index (χ0n) is 11.2. The molecule has 0 saturated carbocycles. The third-order valence-corrected chi connectivity index (χ3v) is 2.21. The number of hydrogen-bond donors (Lipinski definition) is 3. The highest BCUT2D eigenvalue weighted by atomic mass is 16.1. The number of ketones is 1. The van der Waals surface area contributed by atoms with Gasteiger partial charge in [-0.15, -0.1) is 0 Å². The number of hydrazine groups is 2. The fraction of sp³-hybridized carbons (Fsp3) is 0.462. The fourth-order valence-electron chi connectivity index (χ4n) is 1.42. The Hall–Kier alpha value is -1.27. The zero-order chi connectivity index (χ0) is 14.0. The molecule has 0 rings (SSSR count). The van der Waals surface area contributed by atoms with Gasteiger partial charge >= 0.3 is 0 Å². The highest BCUT2D eigenvalue weighted by molar-refractivity contribution is 5.83. The molecule has 0 aromatic rings. The van der Waals surface area contributed by atoms with E-state index in [1.165, 1.54) is 5.12 Å². The number of rotatable bonds is 9. The third kappa shape index (κ3) is 7.13. The van der Waals surface area contributed by atoms with Gasteiger partial charge in [-0.05, 0) is 18.9 Å². The monoisotopic (exact) mass is 252 g/mol. The van der Waals surface area contributed by atoms with Crippen molar-refractivity contribution in [2.45, 2.75) is 32.9 Å². The van der Waals surface area contributed by atoms with Crippen LogP contribution in [0.3, 0.4) is 0 Å². The molecular formula is C13H24N4O. The van der Waals surface area contributed by atoms with E-state index in [0.717, 1.165) is 12.0 Å². The first-order valence-corrected chi connectivity index (χ1v) is 6.06. The first-order chi connectivity index (χ1) is 8.54. The van der Waals surface area contributed by atoms with Crippen LogP contribution in [0.4, 0.5) is 0 Å². The van der Waals surface area contributed by atoms with Crippen molar-refractivity contribution in [2.24, 2.45) is 11.6 Å². The van der Waals surface area contributed by atoms with Crippen LogP contribution in [-0.2, 0) is 4.79 Å². The number of nitrogens with zero attached hydrogens (tertiary/aromatic N) is 1. The predicted molar refractivity (Wildman–Crippen MR) is 75.0 cm³/mol. The number of carbonyl (C=O) groups excluding carboxylic acids is 1. The van der Waals surface area contributed by atoms with Gasteiger partial charge in [-0.2, -0.15) is 5.12 Å². The number of nitrogens with two attached hydrogens (primary N) is 2. The van der Waals surface area contributed by atoms with Crippen LogP contribution in [0, 0.1) is 0 Å². The fourth-order valence-corrected chi connectivity index (χ4v) is 1.42. The summed E-state index contributed by atoms with van der Waals surface area (Å²) in [6.45, 7) is 7.92. The van der Waals surface area contributed by atoms with Crippen LogP contribution in [0.1, 0.15) is 26.7 Å². The minimum Gasteiger partial charge on any atom is -0.309 e. The van der Waals surface area contributed by atoms with Crippen LogP contribution in [0.15, 0.2) is 36.5 Å². The lowest BCUT2D eigenvalue weighted by molar-refractivity contribution is -0.122. The Balaban J connectivity index is 4.31. The van der Waals surface area contributed by atoms with E-state index >= 15 is 0 Å². The third-order valence-electron chi connectivity index (χ3n) is 2.21. The lowest BCUT2D eigenvalue weighted by Gasteiger charge is -2.22. The molecule has 0 spiro atoms. The van der Waals surface area contributed by atoms with Gasteiger partial charge in [0.15, 0.2) is 5.78 Å². The topological polar surface area (TPSA) is 84.4 Å². The lowest BCUT2D eigenvalue weighted by atomic mass is 10.2. The molecule has 0 bridgehead atoms. The normalized spacial score (nSPS) is 14.2. The molecule has 0 aromatic carbocycles. The molecule has 0 radical (unpaired) electrons. The quantitative estimate of drug-likeness (QED) is 0.247. The van der Waals surface area contributed by atoms with Gasteiger partial charge in [0.2, 0.25) is 0 Å². The molecule has 0 heterocycles. The molecule has 1 atom stereocenters. The molecule has 5 nitrogen and oxygen atoms in total. The minimum absolute atomic E-state index is 0.0479. The summed E-state index contributed by atoms with van der Waals surface area (Å²) in [6.07, 6.45) is 7.83. The van der Waals surface area contributed by atoms with E-state index in [2.05, 4.69) is 12.0 Å². The van der Waals surface area contributed by atoms with E-state index in [4.69, 9.17) is 11.6 Å². The minimum atomic E-state index is -0.759. The van der Waals surface area contributed by atoms with Crippen LogP contribution in [0.5, 0.6) is 0 Å². The van der Waals surface area contributed by atoms with Gasteiger partial charge in [0, 0.05) is 6.42 Å². The Kier molecular flexibility index (Phi) is 9.04. The SMILES string of the molecule is C=C/C=C(\C=C/C)CN(N)NC(N)C(=O)CCC. The number of allylic oxidation sites excluding steroid dienone is 3. The summed E-state index contributed by atoms with van der Waals surface area (Å²) in [5, 5.41) is 1.31. The van der Waals surface area contributed by atoms with Gasteiger partial charge in [-0.1, -0.05) is 37.8 Å². The summed E-state index contributed by atoms with van der Waals surface area (Å²) < 4.78 is 0. The number of hydrogen-bond acceptors (Lipinski definition) is 5. The Labute approximate surface area is 109 Å². The van der Waals surface area contributed by atoms with Crippen LogP contribution in [0.25, 0.3) is 0 Å². The Morgan fingerprint density at radius 1 is 1.56 bits per heavy atom. The standard InChI is InChI=1S/C13H24N4O/c1-4-7-11(8-5-2)10-17(15)16-13(14)12(18)9-6-3/h4-5,7-8,13,16H,1,6,9-10,14-15H2,2-3H3/b8-5-,11-7+. The molecule has 0 aliphatic rings. The molecule has 18 heavy (non-hydrogen) atoms. The van der Waals surface area contributed by atoms with Gasteiger partial charge in [-0.25, -0.2) is 5.43 Å². The number of carbonyl (C=O) groups is 1. The lowest BCUT2D eigenvalue weighted by Crippen LogP contribution is -2.56. The number of nitrogens with one attached hydrogen (secondary N) is 1. The molecular weight excluding hydrogens is 228 g/mol. The van der Waals surface area contributed by atoms with Crippen molar-refractivity contribution in [1.82, 2.24) is 10.5 Å². The second-order valence-electron chi connectivity index (χ2n) is 3.93. The summed E-state index contributed by atoms with van der Waals surface area (Å²) >= 11 is 0. The number of Topliss-reactive ketones (excluding diaryl/α,β-unsaturated/α-hetero) is 1. The summed E-state index contributed by atoms with van der Waals surface area (Å²) in [7, 11) is 0. The Morgan fingerprint density at radius 3 is 2.72 bits per heavy atom. The highest BCUT2D eigenvalue weighted by Gasteiger charge is 2.14. The van der Waals surface area contributed by atoms with Crippen molar-refractivity contribution < 1.29 is 4.79 Å². The largest absolute Gasteiger partial charge is 0.309 e. The molecule has 0 aliphatic heterocycles. The van der Waals surface area contributed by atoms with E-state index in [1.807, 2.05) is 32.1 Å². The molecule has 0 amide bonds. The van der Waals surface area contributed by atoms with Crippen LogP contribution >= 0.6 is 0 Å². The van der Waals surface area contributed by atoms with Crippen LogP contribution in [0.2, 0.25) is 0 Å². The molecule has 0 fully saturated rings. The van der Waals surface area contributed by atoms with E-state index in [1.54, 1.807) is 6.08 Å². The van der Waals surface area contributed by atoms with Crippen molar-refractivity contribution in [3.63, 3.8) is 0 Å². The zero-order valence-corrected chi connectivity index (χ0v) is 11.2. The van der Waals surface area contributed by atoms with Crippen LogP contribution < -0.4 is 17.0 Å². The van der Waals surface area contributed by atoms with E-state index < -0.39 is 6.17 Å². The maximum absolute atomic E-state index is 11.5.